The Morgan fingerprint density at radius 2 is 1.85 bits per heavy atom. The van der Waals surface area contributed by atoms with E-state index in [0.29, 0.717) is 6.54 Å². The summed E-state index contributed by atoms with van der Waals surface area (Å²) in [4.78, 5) is 18.1. The molecule has 0 saturated carbocycles. The lowest BCUT2D eigenvalue weighted by molar-refractivity contribution is -0.123. The standard InChI is InChI=1S/C21H27N3OS/c1-18(20-10-6-16-26-20)22-21(25)17-24-14-12-23(13-15-24)11-5-9-19-7-3-2-4-8-19/h2-10,16,18H,11-15,17H2,1H3,(H,22,25)/b9-5+. The fourth-order valence-electron chi connectivity index (χ4n) is 3.13. The molecule has 138 valence electrons. The van der Waals surface area contributed by atoms with E-state index >= 15 is 0 Å². The third-order valence-electron chi connectivity index (χ3n) is 4.65. The molecule has 0 aliphatic carbocycles. The Labute approximate surface area is 160 Å². The van der Waals surface area contributed by atoms with E-state index in [4.69, 9.17) is 0 Å². The Morgan fingerprint density at radius 1 is 1.12 bits per heavy atom. The van der Waals surface area contributed by atoms with Crippen molar-refractivity contribution in [2.75, 3.05) is 39.3 Å². The molecule has 1 atom stereocenters. The van der Waals surface area contributed by atoms with Crippen LogP contribution < -0.4 is 5.32 Å². The fraction of sp³-hybridized carbons (Fsp3) is 0.381. The molecule has 1 N–H and O–H groups in total. The Balaban J connectivity index is 1.35. The van der Waals surface area contributed by atoms with Crippen LogP contribution in [0.4, 0.5) is 0 Å². The van der Waals surface area contributed by atoms with Crippen molar-refractivity contribution in [2.45, 2.75) is 13.0 Å². The summed E-state index contributed by atoms with van der Waals surface area (Å²) in [6.07, 6.45) is 4.40. The van der Waals surface area contributed by atoms with Gasteiger partial charge >= 0.3 is 0 Å². The number of carbonyl (C=O) groups is 1. The van der Waals surface area contributed by atoms with Gasteiger partial charge in [-0.25, -0.2) is 0 Å². The third-order valence-corrected chi connectivity index (χ3v) is 5.71. The van der Waals surface area contributed by atoms with Gasteiger partial charge in [0.25, 0.3) is 0 Å². The number of nitrogens with one attached hydrogen (secondary N) is 1. The molecule has 0 bridgehead atoms. The average Bonchev–Trinajstić information content (AvgIpc) is 3.19. The van der Waals surface area contributed by atoms with Crippen LogP contribution in [-0.4, -0.2) is 55.0 Å². The predicted molar refractivity (Wildman–Crippen MR) is 109 cm³/mol. The number of hydrogen-bond acceptors (Lipinski definition) is 4. The molecule has 1 saturated heterocycles. The highest BCUT2D eigenvalue weighted by Gasteiger charge is 2.19. The number of benzene rings is 1. The van der Waals surface area contributed by atoms with Gasteiger partial charge in [0.15, 0.2) is 0 Å². The van der Waals surface area contributed by atoms with Crippen LogP contribution in [0.1, 0.15) is 23.4 Å². The molecule has 1 aromatic carbocycles. The topological polar surface area (TPSA) is 35.6 Å². The van der Waals surface area contributed by atoms with Crippen molar-refractivity contribution < 1.29 is 4.79 Å². The highest BCUT2D eigenvalue weighted by Crippen LogP contribution is 2.17. The first-order valence-corrected chi connectivity index (χ1v) is 10.1. The fourth-order valence-corrected chi connectivity index (χ4v) is 3.87. The summed E-state index contributed by atoms with van der Waals surface area (Å²) >= 11 is 1.68. The number of amides is 1. The molecule has 0 radical (unpaired) electrons. The van der Waals surface area contributed by atoms with Crippen LogP contribution in [0.5, 0.6) is 0 Å². The van der Waals surface area contributed by atoms with E-state index in [1.165, 1.54) is 10.4 Å². The second-order valence-corrected chi connectivity index (χ2v) is 7.67. The van der Waals surface area contributed by atoms with E-state index in [9.17, 15) is 4.79 Å². The molecule has 1 amide bonds. The maximum atomic E-state index is 12.3. The van der Waals surface area contributed by atoms with E-state index in [1.54, 1.807) is 11.3 Å². The van der Waals surface area contributed by atoms with Crippen molar-refractivity contribution in [3.8, 4) is 0 Å². The minimum atomic E-state index is 0.0897. The van der Waals surface area contributed by atoms with Gasteiger partial charge in [-0.2, -0.15) is 0 Å². The number of carbonyl (C=O) groups excluding carboxylic acids is 1. The van der Waals surface area contributed by atoms with Gasteiger partial charge in [-0.15, -0.1) is 11.3 Å². The van der Waals surface area contributed by atoms with Crippen LogP contribution in [0, 0.1) is 0 Å². The lowest BCUT2D eigenvalue weighted by Gasteiger charge is -2.33. The molecule has 3 rings (SSSR count). The molecule has 5 heteroatoms. The van der Waals surface area contributed by atoms with Gasteiger partial charge in [-0.3, -0.25) is 14.6 Å². The van der Waals surface area contributed by atoms with Crippen LogP contribution in [-0.2, 0) is 4.79 Å². The summed E-state index contributed by atoms with van der Waals surface area (Å²) in [6, 6.07) is 14.6. The van der Waals surface area contributed by atoms with Crippen molar-refractivity contribution >= 4 is 23.3 Å². The van der Waals surface area contributed by atoms with Crippen LogP contribution in [0.15, 0.2) is 53.9 Å². The second kappa shape index (κ2) is 9.67. The van der Waals surface area contributed by atoms with Crippen molar-refractivity contribution in [1.82, 2.24) is 15.1 Å². The van der Waals surface area contributed by atoms with Gasteiger partial charge < -0.3 is 5.32 Å². The van der Waals surface area contributed by atoms with Crippen molar-refractivity contribution in [1.29, 1.82) is 0 Å². The van der Waals surface area contributed by atoms with E-state index in [0.717, 1.165) is 32.7 Å². The molecule has 2 heterocycles. The molecule has 4 nitrogen and oxygen atoms in total. The number of thiophene rings is 1. The van der Waals surface area contributed by atoms with E-state index < -0.39 is 0 Å². The van der Waals surface area contributed by atoms with Crippen LogP contribution in [0.2, 0.25) is 0 Å². The lowest BCUT2D eigenvalue weighted by Crippen LogP contribution is -2.49. The van der Waals surface area contributed by atoms with Crippen molar-refractivity contribution in [3.63, 3.8) is 0 Å². The molecule has 1 aliphatic heterocycles. The zero-order valence-corrected chi connectivity index (χ0v) is 16.1. The third kappa shape index (κ3) is 5.80. The largest absolute Gasteiger partial charge is 0.348 e. The van der Waals surface area contributed by atoms with E-state index in [2.05, 4.69) is 57.6 Å². The number of hydrogen-bond donors (Lipinski definition) is 1. The second-order valence-electron chi connectivity index (χ2n) is 6.69. The van der Waals surface area contributed by atoms with Gasteiger partial charge in [0.2, 0.25) is 5.91 Å². The summed E-state index contributed by atoms with van der Waals surface area (Å²) in [7, 11) is 0. The maximum Gasteiger partial charge on any atom is 0.234 e. The monoisotopic (exact) mass is 369 g/mol. The summed E-state index contributed by atoms with van der Waals surface area (Å²) in [5.41, 5.74) is 1.24. The predicted octanol–water partition coefficient (Wildman–Crippen LogP) is 3.26. The highest BCUT2D eigenvalue weighted by molar-refractivity contribution is 7.10. The normalized spacial score (nSPS) is 17.4. The van der Waals surface area contributed by atoms with Crippen LogP contribution in [0.25, 0.3) is 6.08 Å². The Kier molecular flexibility index (Phi) is 7.00. The van der Waals surface area contributed by atoms with Gasteiger partial charge in [0.1, 0.15) is 0 Å². The van der Waals surface area contributed by atoms with Gasteiger partial charge in [0, 0.05) is 37.6 Å². The molecule has 1 fully saturated rings. The highest BCUT2D eigenvalue weighted by atomic mass is 32.1. The SMILES string of the molecule is CC(NC(=O)CN1CCN(C/C=C/c2ccccc2)CC1)c1cccs1. The Bertz CT molecular complexity index is 691. The minimum Gasteiger partial charge on any atom is -0.348 e. The number of rotatable bonds is 7. The van der Waals surface area contributed by atoms with Gasteiger partial charge in [-0.05, 0) is 23.9 Å². The molecule has 0 spiro atoms. The molecule has 26 heavy (non-hydrogen) atoms. The Morgan fingerprint density at radius 3 is 2.54 bits per heavy atom. The first-order chi connectivity index (χ1) is 12.7. The first-order valence-electron chi connectivity index (χ1n) is 9.20. The van der Waals surface area contributed by atoms with Gasteiger partial charge in [0.05, 0.1) is 12.6 Å². The zero-order chi connectivity index (χ0) is 18.2. The molecule has 1 unspecified atom stereocenters. The van der Waals surface area contributed by atoms with Crippen LogP contribution >= 0.6 is 11.3 Å². The van der Waals surface area contributed by atoms with Crippen LogP contribution in [0.3, 0.4) is 0 Å². The zero-order valence-electron chi connectivity index (χ0n) is 15.3. The van der Waals surface area contributed by atoms with Crippen molar-refractivity contribution in [3.05, 3.63) is 64.4 Å². The first kappa shape index (κ1) is 18.8. The minimum absolute atomic E-state index is 0.0897. The smallest absolute Gasteiger partial charge is 0.234 e. The molecule has 2 aromatic rings. The molecular weight excluding hydrogens is 342 g/mol. The van der Waals surface area contributed by atoms with E-state index in [-0.39, 0.29) is 11.9 Å². The Hall–Kier alpha value is -1.95. The molecule has 1 aromatic heterocycles. The lowest BCUT2D eigenvalue weighted by atomic mass is 10.2. The van der Waals surface area contributed by atoms with Gasteiger partial charge in [-0.1, -0.05) is 48.6 Å². The maximum absolute atomic E-state index is 12.3. The number of nitrogens with zero attached hydrogens (tertiary/aromatic N) is 2. The summed E-state index contributed by atoms with van der Waals surface area (Å²) in [6.45, 7) is 7.40. The summed E-state index contributed by atoms with van der Waals surface area (Å²) in [5, 5.41) is 5.14. The van der Waals surface area contributed by atoms with Crippen molar-refractivity contribution in [2.24, 2.45) is 0 Å². The average molecular weight is 370 g/mol. The molecular formula is C21H27N3OS. The molecule has 1 aliphatic rings. The number of piperazine rings is 1. The quantitative estimate of drug-likeness (QED) is 0.814. The summed E-state index contributed by atoms with van der Waals surface area (Å²) < 4.78 is 0. The van der Waals surface area contributed by atoms with E-state index in [1.807, 2.05) is 24.4 Å². The summed E-state index contributed by atoms with van der Waals surface area (Å²) in [5.74, 6) is 0.114.